The lowest BCUT2D eigenvalue weighted by Crippen LogP contribution is -2.11. The van der Waals surface area contributed by atoms with Gasteiger partial charge in [0.2, 0.25) is 0 Å². The van der Waals surface area contributed by atoms with Crippen molar-refractivity contribution in [3.05, 3.63) is 76.9 Å². The van der Waals surface area contributed by atoms with Crippen molar-refractivity contribution in [3.63, 3.8) is 0 Å². The molecule has 2 N–H and O–H groups in total. The highest BCUT2D eigenvalue weighted by molar-refractivity contribution is 9.10. The summed E-state index contributed by atoms with van der Waals surface area (Å²) in [6, 6.07) is 19.5. The fourth-order valence-electron chi connectivity index (χ4n) is 2.72. The lowest BCUT2D eigenvalue weighted by Gasteiger charge is -2.08. The number of aromatic nitrogens is 1. The van der Waals surface area contributed by atoms with Crippen molar-refractivity contribution in [2.24, 2.45) is 0 Å². The molecule has 1 amide bonds. The average molecular weight is 365 g/mol. The van der Waals surface area contributed by atoms with E-state index in [0.717, 1.165) is 31.8 Å². The Morgan fingerprint density at radius 3 is 2.78 bits per heavy atom. The van der Waals surface area contributed by atoms with Crippen LogP contribution in [0.4, 0.5) is 5.69 Å². The van der Waals surface area contributed by atoms with Gasteiger partial charge in [-0.15, -0.1) is 0 Å². The molecule has 0 saturated heterocycles. The number of benzene rings is 3. The largest absolute Gasteiger partial charge is 0.361 e. The highest BCUT2D eigenvalue weighted by Gasteiger charge is 2.08. The molecule has 3 nitrogen and oxygen atoms in total. The van der Waals surface area contributed by atoms with E-state index in [1.165, 1.54) is 0 Å². The first kappa shape index (κ1) is 14.0. The minimum atomic E-state index is -0.109. The lowest BCUT2D eigenvalue weighted by molar-refractivity contribution is 0.102. The zero-order chi connectivity index (χ0) is 15.8. The molecule has 4 heteroatoms. The maximum atomic E-state index is 12.5. The van der Waals surface area contributed by atoms with Crippen LogP contribution in [0.15, 0.2) is 71.3 Å². The maximum Gasteiger partial charge on any atom is 0.255 e. The Bertz CT molecular complexity index is 1040. The van der Waals surface area contributed by atoms with Crippen LogP contribution < -0.4 is 5.32 Å². The van der Waals surface area contributed by atoms with Crippen LogP contribution in [0.2, 0.25) is 0 Å². The second-order valence-corrected chi connectivity index (χ2v) is 6.26. The van der Waals surface area contributed by atoms with Crippen LogP contribution in [0.25, 0.3) is 21.7 Å². The molecule has 0 aliphatic rings. The quantitative estimate of drug-likeness (QED) is 0.495. The van der Waals surface area contributed by atoms with Gasteiger partial charge in [0.25, 0.3) is 5.91 Å². The van der Waals surface area contributed by atoms with Crippen LogP contribution >= 0.6 is 15.9 Å². The molecule has 0 fully saturated rings. The zero-order valence-corrected chi connectivity index (χ0v) is 13.7. The fourth-order valence-corrected chi connectivity index (χ4v) is 3.23. The number of anilines is 1. The molecule has 0 saturated carbocycles. The average Bonchev–Trinajstić information content (AvgIpc) is 3.02. The molecule has 4 aromatic rings. The van der Waals surface area contributed by atoms with E-state index in [1.54, 1.807) is 0 Å². The van der Waals surface area contributed by atoms with Gasteiger partial charge in [-0.1, -0.05) is 34.1 Å². The topological polar surface area (TPSA) is 44.9 Å². The Morgan fingerprint density at radius 1 is 0.957 bits per heavy atom. The predicted molar refractivity (Wildman–Crippen MR) is 97.9 cm³/mol. The number of rotatable bonds is 2. The van der Waals surface area contributed by atoms with Crippen LogP contribution in [-0.4, -0.2) is 10.9 Å². The number of aromatic amines is 1. The summed E-state index contributed by atoms with van der Waals surface area (Å²) >= 11 is 3.54. The summed E-state index contributed by atoms with van der Waals surface area (Å²) in [6.45, 7) is 0. The summed E-state index contributed by atoms with van der Waals surface area (Å²) in [5.74, 6) is -0.109. The van der Waals surface area contributed by atoms with Gasteiger partial charge >= 0.3 is 0 Å². The highest BCUT2D eigenvalue weighted by atomic mass is 79.9. The first-order chi connectivity index (χ1) is 11.2. The number of amides is 1. The van der Waals surface area contributed by atoms with Gasteiger partial charge in [-0.3, -0.25) is 4.79 Å². The maximum absolute atomic E-state index is 12.5. The van der Waals surface area contributed by atoms with Crippen molar-refractivity contribution >= 4 is 49.2 Å². The zero-order valence-electron chi connectivity index (χ0n) is 12.1. The monoisotopic (exact) mass is 364 g/mol. The van der Waals surface area contributed by atoms with Gasteiger partial charge in [-0.05, 0) is 53.2 Å². The second kappa shape index (κ2) is 5.56. The number of carbonyl (C=O) groups excluding carboxylic acids is 1. The van der Waals surface area contributed by atoms with Gasteiger partial charge in [0.1, 0.15) is 0 Å². The summed E-state index contributed by atoms with van der Waals surface area (Å²) in [5, 5.41) is 6.20. The SMILES string of the molecule is O=C(Nc1ccc2c(Br)cccc2c1)c1ccc2[nH]ccc2c1. The van der Waals surface area contributed by atoms with Crippen molar-refractivity contribution in [1.29, 1.82) is 0 Å². The van der Waals surface area contributed by atoms with Crippen molar-refractivity contribution < 1.29 is 4.79 Å². The second-order valence-electron chi connectivity index (χ2n) is 5.41. The van der Waals surface area contributed by atoms with E-state index in [2.05, 4.69) is 26.2 Å². The molecule has 0 unspecified atom stereocenters. The molecule has 3 aromatic carbocycles. The fraction of sp³-hybridized carbons (Fsp3) is 0. The van der Waals surface area contributed by atoms with Crippen LogP contribution in [0.1, 0.15) is 10.4 Å². The van der Waals surface area contributed by atoms with Crippen LogP contribution in [0.3, 0.4) is 0 Å². The number of nitrogens with one attached hydrogen (secondary N) is 2. The van der Waals surface area contributed by atoms with E-state index in [-0.39, 0.29) is 5.91 Å². The van der Waals surface area contributed by atoms with Crippen molar-refractivity contribution in [2.75, 3.05) is 5.32 Å². The number of hydrogen-bond donors (Lipinski definition) is 2. The smallest absolute Gasteiger partial charge is 0.255 e. The summed E-state index contributed by atoms with van der Waals surface area (Å²) in [5.41, 5.74) is 2.46. The molecule has 23 heavy (non-hydrogen) atoms. The molecule has 112 valence electrons. The molecule has 0 bridgehead atoms. The minimum absolute atomic E-state index is 0.109. The molecule has 0 aliphatic heterocycles. The van der Waals surface area contributed by atoms with E-state index in [9.17, 15) is 4.79 Å². The number of fused-ring (bicyclic) bond motifs is 2. The molecule has 0 aliphatic carbocycles. The van der Waals surface area contributed by atoms with E-state index in [1.807, 2.05) is 66.9 Å². The van der Waals surface area contributed by atoms with E-state index in [4.69, 9.17) is 0 Å². The summed E-state index contributed by atoms with van der Waals surface area (Å²) < 4.78 is 1.05. The van der Waals surface area contributed by atoms with Crippen molar-refractivity contribution in [1.82, 2.24) is 4.98 Å². The summed E-state index contributed by atoms with van der Waals surface area (Å²) in [6.07, 6.45) is 1.87. The summed E-state index contributed by atoms with van der Waals surface area (Å²) in [7, 11) is 0. The van der Waals surface area contributed by atoms with Gasteiger partial charge in [0, 0.05) is 32.8 Å². The predicted octanol–water partition coefficient (Wildman–Crippen LogP) is 5.34. The molecule has 0 spiro atoms. The Labute approximate surface area is 141 Å². The molecule has 4 rings (SSSR count). The molecule has 0 atom stereocenters. The third kappa shape index (κ3) is 2.62. The third-order valence-electron chi connectivity index (χ3n) is 3.90. The number of carbonyl (C=O) groups is 1. The normalized spacial score (nSPS) is 11.0. The van der Waals surface area contributed by atoms with E-state index in [0.29, 0.717) is 5.56 Å². The third-order valence-corrected chi connectivity index (χ3v) is 4.59. The Morgan fingerprint density at radius 2 is 1.87 bits per heavy atom. The van der Waals surface area contributed by atoms with E-state index >= 15 is 0 Å². The van der Waals surface area contributed by atoms with Gasteiger partial charge in [0.15, 0.2) is 0 Å². The lowest BCUT2D eigenvalue weighted by atomic mass is 10.1. The van der Waals surface area contributed by atoms with Gasteiger partial charge in [0.05, 0.1) is 0 Å². The molecular formula is C19H13BrN2O. The van der Waals surface area contributed by atoms with E-state index < -0.39 is 0 Å². The van der Waals surface area contributed by atoms with Crippen molar-refractivity contribution in [3.8, 4) is 0 Å². The van der Waals surface area contributed by atoms with Crippen LogP contribution in [0.5, 0.6) is 0 Å². The van der Waals surface area contributed by atoms with Crippen molar-refractivity contribution in [2.45, 2.75) is 0 Å². The number of halogens is 1. The van der Waals surface area contributed by atoms with Gasteiger partial charge in [-0.2, -0.15) is 0 Å². The first-order valence-electron chi connectivity index (χ1n) is 7.27. The number of hydrogen-bond acceptors (Lipinski definition) is 1. The Kier molecular flexibility index (Phi) is 3.39. The number of H-pyrrole nitrogens is 1. The van der Waals surface area contributed by atoms with Gasteiger partial charge in [-0.25, -0.2) is 0 Å². The summed E-state index contributed by atoms with van der Waals surface area (Å²) in [4.78, 5) is 15.6. The molecule has 1 heterocycles. The van der Waals surface area contributed by atoms with Crippen LogP contribution in [0, 0.1) is 0 Å². The molecular weight excluding hydrogens is 352 g/mol. The van der Waals surface area contributed by atoms with Gasteiger partial charge < -0.3 is 10.3 Å². The first-order valence-corrected chi connectivity index (χ1v) is 8.07. The molecule has 0 radical (unpaired) electrons. The minimum Gasteiger partial charge on any atom is -0.361 e. The Balaban J connectivity index is 1.65. The Hall–Kier alpha value is -2.59. The standard InChI is InChI=1S/C19H13BrN2O/c20-17-3-1-2-12-11-15(5-6-16(12)17)22-19(23)14-4-7-18-13(10-14)8-9-21-18/h1-11,21H,(H,22,23). The highest BCUT2D eigenvalue weighted by Crippen LogP contribution is 2.26. The van der Waals surface area contributed by atoms with Crippen LogP contribution in [-0.2, 0) is 0 Å². The molecule has 1 aromatic heterocycles.